The Balaban J connectivity index is 1.57. The van der Waals surface area contributed by atoms with E-state index in [1.54, 1.807) is 12.7 Å². The van der Waals surface area contributed by atoms with Crippen LogP contribution in [-0.4, -0.2) is 35.0 Å². The molecule has 4 rings (SSSR count). The van der Waals surface area contributed by atoms with E-state index in [1.807, 2.05) is 0 Å². The molecule has 1 N–H and O–H groups in total. The van der Waals surface area contributed by atoms with E-state index >= 15 is 0 Å². The summed E-state index contributed by atoms with van der Waals surface area (Å²) in [6.07, 6.45) is 14.8. The summed E-state index contributed by atoms with van der Waals surface area (Å²) in [6.45, 7) is 0. The van der Waals surface area contributed by atoms with Crippen LogP contribution in [0.5, 0.6) is 0 Å². The Hall–Kier alpha value is -0.820. The van der Waals surface area contributed by atoms with Crippen molar-refractivity contribution in [2.75, 3.05) is 13.4 Å². The largest absolute Gasteiger partial charge is 0.598 e. The molecule has 3 aliphatic carbocycles. The number of fused-ring (bicyclic) bond motifs is 2. The average Bonchev–Trinajstić information content (AvgIpc) is 2.67. The third-order valence-electron chi connectivity index (χ3n) is 6.95. The lowest BCUT2D eigenvalue weighted by Crippen LogP contribution is -2.45. The quantitative estimate of drug-likeness (QED) is 0.761. The minimum atomic E-state index is -3.17. The fourth-order valence-electron chi connectivity index (χ4n) is 5.65. The maximum absolute atomic E-state index is 11.6. The van der Waals surface area contributed by atoms with Crippen molar-refractivity contribution < 1.29 is 13.5 Å². The summed E-state index contributed by atoms with van der Waals surface area (Å²) in [5.41, 5.74) is 7.39. The molecule has 0 radical (unpaired) electrons. The van der Waals surface area contributed by atoms with Crippen LogP contribution >= 0.6 is 0 Å². The van der Waals surface area contributed by atoms with Crippen molar-refractivity contribution in [1.29, 1.82) is 0 Å². The van der Waals surface area contributed by atoms with E-state index in [0.717, 1.165) is 38.5 Å². The van der Waals surface area contributed by atoms with E-state index in [9.17, 15) is 8.76 Å². The first-order chi connectivity index (χ1) is 13.4. The highest BCUT2D eigenvalue weighted by Gasteiger charge is 2.35. The summed E-state index contributed by atoms with van der Waals surface area (Å²) in [5, 5.41) is 0. The minimum absolute atomic E-state index is 0.00327. The molecule has 1 saturated carbocycles. The van der Waals surface area contributed by atoms with Crippen LogP contribution in [0.3, 0.4) is 0 Å². The lowest BCUT2D eigenvalue weighted by Gasteiger charge is -2.37. The summed E-state index contributed by atoms with van der Waals surface area (Å²) in [5.74, 6) is 0.460. The maximum Gasteiger partial charge on any atom is 0.120 e. The van der Waals surface area contributed by atoms with Crippen LogP contribution in [0.1, 0.15) is 73.0 Å². The fraction of sp³-hybridized carbons (Fsp3) is 0.773. The van der Waals surface area contributed by atoms with Crippen LogP contribution in [0.25, 0.3) is 0 Å². The molecule has 0 aromatic carbocycles. The Bertz CT molecular complexity index is 726. The number of sulfonamides is 1. The lowest BCUT2D eigenvalue weighted by molar-refractivity contribution is 0.0154. The molecule has 1 aromatic rings. The predicted molar refractivity (Wildman–Crippen MR) is 111 cm³/mol. The second kappa shape index (κ2) is 8.50. The molecule has 0 spiro atoms. The Kier molecular flexibility index (Phi) is 6.21. The van der Waals surface area contributed by atoms with Crippen molar-refractivity contribution in [2.45, 2.75) is 89.2 Å². The third kappa shape index (κ3) is 4.50. The number of ether oxygens (including phenoxy) is 1. The van der Waals surface area contributed by atoms with Gasteiger partial charge in [-0.25, -0.2) is 0 Å². The van der Waals surface area contributed by atoms with Gasteiger partial charge in [0.25, 0.3) is 0 Å². The van der Waals surface area contributed by atoms with E-state index in [4.69, 9.17) is 9.72 Å². The topological polar surface area (TPSA) is 74.3 Å². The van der Waals surface area contributed by atoms with Crippen molar-refractivity contribution in [3.8, 4) is 0 Å². The van der Waals surface area contributed by atoms with Crippen molar-refractivity contribution in [2.24, 2.45) is 5.92 Å². The smallest absolute Gasteiger partial charge is 0.120 e. The zero-order valence-corrected chi connectivity index (χ0v) is 18.1. The van der Waals surface area contributed by atoms with Crippen LogP contribution < -0.4 is 4.72 Å². The zero-order chi connectivity index (χ0) is 19.7. The van der Waals surface area contributed by atoms with Crippen molar-refractivity contribution in [3.63, 3.8) is 0 Å². The summed E-state index contributed by atoms with van der Waals surface area (Å²) in [6, 6.07) is -0.00327. The number of methoxy groups -OCH3 is 1. The molecule has 0 amide bonds. The molecule has 1 aromatic heterocycles. The normalized spacial score (nSPS) is 29.6. The van der Waals surface area contributed by atoms with Gasteiger partial charge in [0.05, 0.1) is 12.1 Å². The fourth-order valence-corrected chi connectivity index (χ4v) is 6.47. The Morgan fingerprint density at radius 1 is 1.07 bits per heavy atom. The van der Waals surface area contributed by atoms with Crippen LogP contribution in [0.4, 0.5) is 0 Å². The Labute approximate surface area is 170 Å². The minimum Gasteiger partial charge on any atom is -0.598 e. The highest BCUT2D eigenvalue weighted by molar-refractivity contribution is 7.95. The van der Waals surface area contributed by atoms with Crippen LogP contribution in [0.15, 0.2) is 0 Å². The SMILES string of the molecule is COC1CC(N[S+](C)(=O)[O-])CCC1Cc1c2c(nc3c1CCCC3)CCCC2. The molecule has 3 aliphatic rings. The number of aromatic nitrogens is 1. The summed E-state index contributed by atoms with van der Waals surface area (Å²) in [7, 11) is -1.39. The first-order valence-electron chi connectivity index (χ1n) is 11.0. The summed E-state index contributed by atoms with van der Waals surface area (Å²) in [4.78, 5) is 5.09. The van der Waals surface area contributed by atoms with Gasteiger partial charge < -0.3 is 9.29 Å². The van der Waals surface area contributed by atoms with E-state index in [1.165, 1.54) is 67.3 Å². The molecule has 4 unspecified atom stereocenters. The summed E-state index contributed by atoms with van der Waals surface area (Å²) < 4.78 is 31.9. The van der Waals surface area contributed by atoms with Crippen LogP contribution in [0.2, 0.25) is 0 Å². The second-order valence-corrected chi connectivity index (χ2v) is 10.8. The van der Waals surface area contributed by atoms with Crippen LogP contribution in [-0.2, 0) is 51.4 Å². The van der Waals surface area contributed by atoms with E-state index < -0.39 is 10.4 Å². The molecule has 0 saturated heterocycles. The highest BCUT2D eigenvalue weighted by Crippen LogP contribution is 2.37. The molecule has 28 heavy (non-hydrogen) atoms. The predicted octanol–water partition coefficient (Wildman–Crippen LogP) is 3.33. The number of pyridine rings is 1. The van der Waals surface area contributed by atoms with Gasteiger partial charge in [-0.15, -0.1) is 4.72 Å². The van der Waals surface area contributed by atoms with E-state index in [0.29, 0.717) is 5.92 Å². The molecule has 1 heterocycles. The molecular weight excluding hydrogens is 372 g/mol. The first kappa shape index (κ1) is 20.5. The Morgan fingerprint density at radius 3 is 2.25 bits per heavy atom. The number of nitrogens with zero attached hydrogens (tertiary/aromatic N) is 1. The number of hydrogen-bond acceptors (Lipinski definition) is 4. The molecule has 1 fully saturated rings. The van der Waals surface area contributed by atoms with Gasteiger partial charge >= 0.3 is 0 Å². The molecule has 156 valence electrons. The van der Waals surface area contributed by atoms with Gasteiger partial charge in [-0.3, -0.25) is 4.98 Å². The van der Waals surface area contributed by atoms with Gasteiger partial charge in [0.15, 0.2) is 0 Å². The molecule has 6 heteroatoms. The van der Waals surface area contributed by atoms with Crippen molar-refractivity contribution in [3.05, 3.63) is 28.1 Å². The monoisotopic (exact) mass is 406 g/mol. The Morgan fingerprint density at radius 2 is 1.68 bits per heavy atom. The van der Waals surface area contributed by atoms with Crippen LogP contribution in [0, 0.1) is 5.92 Å². The molecular formula is C22H34N2O3S. The third-order valence-corrected chi connectivity index (χ3v) is 7.72. The average molecular weight is 407 g/mol. The van der Waals surface area contributed by atoms with Gasteiger partial charge in [0, 0.05) is 18.5 Å². The van der Waals surface area contributed by atoms with Gasteiger partial charge in [0.1, 0.15) is 16.7 Å². The van der Waals surface area contributed by atoms with Gasteiger partial charge in [-0.05, 0) is 99.7 Å². The van der Waals surface area contributed by atoms with E-state index in [-0.39, 0.29) is 12.1 Å². The number of rotatable bonds is 5. The highest BCUT2D eigenvalue weighted by atomic mass is 32.3. The second-order valence-electron chi connectivity index (χ2n) is 8.99. The van der Waals surface area contributed by atoms with E-state index in [2.05, 4.69) is 4.72 Å². The lowest BCUT2D eigenvalue weighted by atomic mass is 9.76. The zero-order valence-electron chi connectivity index (χ0n) is 17.3. The maximum atomic E-state index is 11.6. The summed E-state index contributed by atoms with van der Waals surface area (Å²) >= 11 is 0. The number of nitrogens with one attached hydrogen (secondary N) is 1. The standard InChI is InChI=1S/C22H34N2O3S/c1-27-22-14-16(24-28(2,25)26)12-11-15(22)13-19-17-7-3-5-9-20(17)23-21-10-6-4-8-18(19)21/h15-16,22H,3-14H2,1-2H3,(H-,24,25,26). The van der Waals surface area contributed by atoms with Gasteiger partial charge in [-0.2, -0.15) is 0 Å². The van der Waals surface area contributed by atoms with Gasteiger partial charge in [0.2, 0.25) is 0 Å². The molecule has 0 bridgehead atoms. The molecule has 4 atom stereocenters. The number of hydrogen-bond donors (Lipinski definition) is 1. The first-order valence-corrected chi connectivity index (χ1v) is 12.9. The molecule has 5 nitrogen and oxygen atoms in total. The van der Waals surface area contributed by atoms with Gasteiger partial charge in [-0.1, -0.05) is 4.21 Å². The van der Waals surface area contributed by atoms with Crippen molar-refractivity contribution in [1.82, 2.24) is 9.71 Å². The molecule has 0 aliphatic heterocycles. The number of aryl methyl sites for hydroxylation is 2. The van der Waals surface area contributed by atoms with Crippen molar-refractivity contribution >= 4 is 10.4 Å².